The zero-order valence-electron chi connectivity index (χ0n) is 20.2. The van der Waals surface area contributed by atoms with Gasteiger partial charge in [-0.2, -0.15) is 13.2 Å². The highest BCUT2D eigenvalue weighted by molar-refractivity contribution is 6.38. The molecule has 0 atom stereocenters. The second-order valence-electron chi connectivity index (χ2n) is 9.31. The second-order valence-corrected chi connectivity index (χ2v) is 9.31. The van der Waals surface area contributed by atoms with Crippen LogP contribution in [0.2, 0.25) is 0 Å². The monoisotopic (exact) mass is 495 g/mol. The van der Waals surface area contributed by atoms with E-state index in [0.29, 0.717) is 34.3 Å². The quantitative estimate of drug-likeness (QED) is 0.406. The van der Waals surface area contributed by atoms with Gasteiger partial charge in [-0.05, 0) is 62.2 Å². The Bertz CT molecular complexity index is 1320. The number of hydrogen-bond acceptors (Lipinski definition) is 4. The minimum atomic E-state index is -4.51. The lowest BCUT2D eigenvalue weighted by molar-refractivity contribution is -0.137. The minimum Gasteiger partial charge on any atom is -0.382 e. The van der Waals surface area contributed by atoms with Gasteiger partial charge in [0.05, 0.1) is 11.1 Å². The van der Waals surface area contributed by atoms with Crippen molar-refractivity contribution in [1.82, 2.24) is 14.9 Å². The predicted molar refractivity (Wildman–Crippen MR) is 135 cm³/mol. The highest BCUT2D eigenvalue weighted by Gasteiger charge is 2.33. The average molecular weight is 496 g/mol. The van der Waals surface area contributed by atoms with Crippen molar-refractivity contribution in [1.29, 1.82) is 0 Å². The molecule has 1 fully saturated rings. The van der Waals surface area contributed by atoms with Gasteiger partial charge in [0.2, 0.25) is 0 Å². The molecule has 1 aromatic heterocycles. The van der Waals surface area contributed by atoms with E-state index >= 15 is 0 Å². The number of H-pyrrole nitrogens is 1. The fraction of sp³-hybridized carbons (Fsp3) is 0.333. The molecule has 36 heavy (non-hydrogen) atoms. The van der Waals surface area contributed by atoms with Gasteiger partial charge in [0.25, 0.3) is 5.91 Å². The number of aromatic amines is 1. The number of alkyl halides is 3. The van der Waals surface area contributed by atoms with E-state index in [1.807, 2.05) is 18.2 Å². The fourth-order valence-corrected chi connectivity index (χ4v) is 4.92. The van der Waals surface area contributed by atoms with Crippen molar-refractivity contribution in [2.75, 3.05) is 30.3 Å². The van der Waals surface area contributed by atoms with Gasteiger partial charge in [0, 0.05) is 53.5 Å². The van der Waals surface area contributed by atoms with Gasteiger partial charge in [0.1, 0.15) is 5.82 Å². The smallest absolute Gasteiger partial charge is 0.382 e. The molecule has 1 saturated heterocycles. The Morgan fingerprint density at radius 1 is 1.17 bits per heavy atom. The van der Waals surface area contributed by atoms with Crippen LogP contribution in [0.15, 0.2) is 48.7 Å². The number of anilines is 2. The molecule has 5 rings (SSSR count). The number of rotatable bonds is 5. The summed E-state index contributed by atoms with van der Waals surface area (Å²) in [6.07, 6.45) is -0.874. The van der Waals surface area contributed by atoms with Gasteiger partial charge in [0.15, 0.2) is 0 Å². The summed E-state index contributed by atoms with van der Waals surface area (Å²) in [6, 6.07) is 11.0. The Morgan fingerprint density at radius 3 is 2.61 bits per heavy atom. The van der Waals surface area contributed by atoms with Gasteiger partial charge in [-0.1, -0.05) is 19.1 Å². The predicted octanol–water partition coefficient (Wildman–Crippen LogP) is 5.54. The number of likely N-dealkylation sites (tertiary alicyclic amines) is 1. The van der Waals surface area contributed by atoms with E-state index in [1.165, 1.54) is 6.07 Å². The fourth-order valence-electron chi connectivity index (χ4n) is 4.92. The molecule has 0 aliphatic carbocycles. The first-order chi connectivity index (χ1) is 17.2. The number of piperidine rings is 1. The Balaban J connectivity index is 1.59. The highest BCUT2D eigenvalue weighted by atomic mass is 19.4. The van der Waals surface area contributed by atoms with Gasteiger partial charge in [-0.25, -0.2) is 4.98 Å². The Kier molecular flexibility index (Phi) is 6.34. The standard InChI is InChI=1S/C27H28F3N5O/c1-3-35-11-9-19(10-12-35)33-20-7-8-22-21(14-20)24(26(36)34-22)23(25-31-15-16(2)32-25)17-5-4-6-18(13-17)27(28,29)30/h4-8,13-15,19,33H,3,9-12H2,1-2H3,(H,31,32)(H,34,36). The molecule has 0 saturated carbocycles. The molecule has 9 heteroatoms. The number of amides is 1. The molecule has 2 aliphatic rings. The lowest BCUT2D eigenvalue weighted by atomic mass is 9.93. The molecule has 3 N–H and O–H groups in total. The normalized spacial score (nSPS) is 18.2. The number of benzene rings is 2. The second kappa shape index (κ2) is 9.46. The van der Waals surface area contributed by atoms with Gasteiger partial charge in [-0.3, -0.25) is 4.79 Å². The molecule has 2 aromatic carbocycles. The number of hydrogen-bond donors (Lipinski definition) is 3. The zero-order chi connectivity index (χ0) is 25.4. The van der Waals surface area contributed by atoms with E-state index in [9.17, 15) is 18.0 Å². The molecule has 3 aromatic rings. The third kappa shape index (κ3) is 4.75. The first-order valence-corrected chi connectivity index (χ1v) is 12.1. The SMILES string of the molecule is CCN1CCC(Nc2ccc3c(c2)C(=C(c2cccc(C(F)(F)F)c2)c2ncc(C)[nH]2)C(=O)N3)CC1. The van der Waals surface area contributed by atoms with E-state index in [1.54, 1.807) is 19.2 Å². The summed E-state index contributed by atoms with van der Waals surface area (Å²) in [5.41, 5.74) is 2.98. The maximum Gasteiger partial charge on any atom is 0.416 e. The number of aryl methyl sites for hydroxylation is 1. The van der Waals surface area contributed by atoms with Crippen molar-refractivity contribution in [3.05, 3.63) is 76.9 Å². The molecular formula is C27H28F3N5O. The largest absolute Gasteiger partial charge is 0.416 e. The van der Waals surface area contributed by atoms with Gasteiger partial charge in [-0.15, -0.1) is 0 Å². The van der Waals surface area contributed by atoms with Crippen molar-refractivity contribution in [3.8, 4) is 0 Å². The number of imidazole rings is 1. The van der Waals surface area contributed by atoms with Crippen LogP contribution in [0.3, 0.4) is 0 Å². The first kappa shape index (κ1) is 24.1. The molecule has 188 valence electrons. The van der Waals surface area contributed by atoms with E-state index < -0.39 is 11.7 Å². The summed E-state index contributed by atoms with van der Waals surface area (Å²) in [6.45, 7) is 7.07. The number of carbonyl (C=O) groups excluding carboxylic acids is 1. The summed E-state index contributed by atoms with van der Waals surface area (Å²) in [7, 11) is 0. The van der Waals surface area contributed by atoms with Crippen molar-refractivity contribution in [2.45, 2.75) is 38.9 Å². The van der Waals surface area contributed by atoms with Crippen LogP contribution in [0, 0.1) is 6.92 Å². The number of carbonyl (C=O) groups is 1. The van der Waals surface area contributed by atoms with E-state index in [2.05, 4.69) is 32.4 Å². The van der Waals surface area contributed by atoms with E-state index in [0.717, 1.165) is 56.0 Å². The highest BCUT2D eigenvalue weighted by Crippen LogP contribution is 2.41. The lowest BCUT2D eigenvalue weighted by Gasteiger charge is -2.32. The molecule has 1 amide bonds. The van der Waals surface area contributed by atoms with Crippen molar-refractivity contribution >= 4 is 28.4 Å². The molecule has 2 aliphatic heterocycles. The maximum absolute atomic E-state index is 13.5. The minimum absolute atomic E-state index is 0.266. The Labute approximate surface area is 207 Å². The van der Waals surface area contributed by atoms with E-state index in [-0.39, 0.29) is 11.5 Å². The molecule has 0 spiro atoms. The molecular weight excluding hydrogens is 467 g/mol. The van der Waals surface area contributed by atoms with Crippen LogP contribution in [0.5, 0.6) is 0 Å². The molecule has 0 radical (unpaired) electrons. The molecule has 0 bridgehead atoms. The summed E-state index contributed by atoms with van der Waals surface area (Å²) in [4.78, 5) is 23.1. The first-order valence-electron chi connectivity index (χ1n) is 12.1. The van der Waals surface area contributed by atoms with Crippen molar-refractivity contribution in [3.63, 3.8) is 0 Å². The number of fused-ring (bicyclic) bond motifs is 1. The Hall–Kier alpha value is -3.59. The van der Waals surface area contributed by atoms with Crippen LogP contribution in [-0.2, 0) is 11.0 Å². The third-order valence-corrected chi connectivity index (χ3v) is 6.84. The summed E-state index contributed by atoms with van der Waals surface area (Å²) in [5.74, 6) is -0.0324. The molecule has 0 unspecified atom stereocenters. The van der Waals surface area contributed by atoms with Crippen LogP contribution in [-0.4, -0.2) is 46.5 Å². The maximum atomic E-state index is 13.5. The van der Waals surface area contributed by atoms with Crippen molar-refractivity contribution < 1.29 is 18.0 Å². The third-order valence-electron chi connectivity index (χ3n) is 6.84. The van der Waals surface area contributed by atoms with Crippen LogP contribution in [0.4, 0.5) is 24.5 Å². The van der Waals surface area contributed by atoms with Crippen LogP contribution in [0.25, 0.3) is 11.1 Å². The van der Waals surface area contributed by atoms with Crippen molar-refractivity contribution in [2.24, 2.45) is 0 Å². The summed E-state index contributed by atoms with van der Waals surface area (Å²) >= 11 is 0. The van der Waals surface area contributed by atoms with Crippen LogP contribution < -0.4 is 10.6 Å². The number of nitrogens with zero attached hydrogens (tertiary/aromatic N) is 2. The summed E-state index contributed by atoms with van der Waals surface area (Å²) in [5, 5.41) is 6.45. The summed E-state index contributed by atoms with van der Waals surface area (Å²) < 4.78 is 40.6. The lowest BCUT2D eigenvalue weighted by Crippen LogP contribution is -2.38. The van der Waals surface area contributed by atoms with Gasteiger partial charge >= 0.3 is 6.18 Å². The van der Waals surface area contributed by atoms with E-state index in [4.69, 9.17) is 0 Å². The number of aromatic nitrogens is 2. The van der Waals surface area contributed by atoms with Gasteiger partial charge < -0.3 is 20.5 Å². The topological polar surface area (TPSA) is 73.0 Å². The number of nitrogens with one attached hydrogen (secondary N) is 3. The van der Waals surface area contributed by atoms with Crippen LogP contribution >= 0.6 is 0 Å². The molecule has 6 nitrogen and oxygen atoms in total. The average Bonchev–Trinajstić information content (AvgIpc) is 3.42. The molecule has 3 heterocycles. The Morgan fingerprint density at radius 2 is 1.94 bits per heavy atom. The zero-order valence-corrected chi connectivity index (χ0v) is 20.2. The van der Waals surface area contributed by atoms with Crippen LogP contribution in [0.1, 0.15) is 48.0 Å². The number of halogens is 3.